The molecule has 1 aromatic heterocycles. The summed E-state index contributed by atoms with van der Waals surface area (Å²) in [5.74, 6) is 0.594. The molecule has 1 aromatic carbocycles. The van der Waals surface area contributed by atoms with E-state index in [-0.39, 0.29) is 47.8 Å². The summed E-state index contributed by atoms with van der Waals surface area (Å²) in [6.45, 7) is 15.1. The van der Waals surface area contributed by atoms with Crippen LogP contribution in [0.15, 0.2) is 35.5 Å². The summed E-state index contributed by atoms with van der Waals surface area (Å²) in [4.78, 5) is 38.2. The molecule has 2 bridgehead atoms. The average Bonchev–Trinajstić information content (AvgIpc) is 3.65. The third-order valence-electron chi connectivity index (χ3n) is 10.5. The average molecular weight is 621 g/mol. The molecule has 4 fully saturated rings. The van der Waals surface area contributed by atoms with E-state index in [1.807, 2.05) is 44.2 Å². The van der Waals surface area contributed by atoms with E-state index in [0.29, 0.717) is 46.9 Å². The Morgan fingerprint density at radius 1 is 1.14 bits per heavy atom. The summed E-state index contributed by atoms with van der Waals surface area (Å²) < 4.78 is 13.4. The van der Waals surface area contributed by atoms with E-state index < -0.39 is 12.7 Å². The summed E-state index contributed by atoms with van der Waals surface area (Å²) in [6.07, 6.45) is 3.49. The van der Waals surface area contributed by atoms with Crippen molar-refractivity contribution in [3.8, 4) is 0 Å². The molecule has 0 radical (unpaired) electrons. The van der Waals surface area contributed by atoms with Crippen LogP contribution in [0.3, 0.4) is 0 Å². The van der Waals surface area contributed by atoms with Crippen LogP contribution in [0, 0.1) is 37.0 Å². The summed E-state index contributed by atoms with van der Waals surface area (Å²) in [5, 5.41) is 11.4. The molecule has 3 saturated carbocycles. The Balaban J connectivity index is 1.18. The van der Waals surface area contributed by atoms with E-state index in [2.05, 4.69) is 55.4 Å². The van der Waals surface area contributed by atoms with Crippen LogP contribution in [-0.4, -0.2) is 59.4 Å². The molecular formula is C33H45BN4O5S. The molecule has 9 nitrogen and oxygen atoms in total. The van der Waals surface area contributed by atoms with E-state index in [4.69, 9.17) is 14.1 Å². The molecule has 6 atom stereocenters. The second kappa shape index (κ2) is 11.6. The number of carbonyl (C=O) groups excluding carboxylic acids is 2. The lowest BCUT2D eigenvalue weighted by atomic mass is 9.43. The number of aromatic nitrogens is 1. The van der Waals surface area contributed by atoms with Gasteiger partial charge in [-0.25, -0.2) is 4.98 Å². The van der Waals surface area contributed by atoms with E-state index in [0.717, 1.165) is 17.0 Å². The first-order valence-corrected chi connectivity index (χ1v) is 16.8. The number of carbonyl (C=O) groups is 2. The second-order valence-electron chi connectivity index (χ2n) is 14.5. The van der Waals surface area contributed by atoms with Gasteiger partial charge < -0.3 is 24.8 Å². The highest BCUT2D eigenvalue weighted by Gasteiger charge is 2.68. The molecular weight excluding hydrogens is 575 g/mol. The van der Waals surface area contributed by atoms with Gasteiger partial charge in [0.05, 0.1) is 40.6 Å². The number of nitrogens with zero attached hydrogens (tertiary/aromatic N) is 2. The zero-order chi connectivity index (χ0) is 31.4. The number of benzene rings is 1. The number of rotatable bonds is 10. The second-order valence-corrected chi connectivity index (χ2v) is 15.7. The number of amides is 2. The smallest absolute Gasteiger partial charge is 0.404 e. The Bertz CT molecular complexity index is 1450. The van der Waals surface area contributed by atoms with Gasteiger partial charge in [0.25, 0.3) is 11.8 Å². The Morgan fingerprint density at radius 3 is 2.55 bits per heavy atom. The van der Waals surface area contributed by atoms with E-state index in [9.17, 15) is 9.59 Å². The van der Waals surface area contributed by atoms with Gasteiger partial charge in [0.2, 0.25) is 5.60 Å². The minimum absolute atomic E-state index is 0.0290. The fourth-order valence-electron chi connectivity index (χ4n) is 7.98. The molecule has 1 unspecified atom stereocenters. The van der Waals surface area contributed by atoms with Crippen molar-refractivity contribution in [1.82, 2.24) is 15.6 Å². The fraction of sp³-hybridized carbons (Fsp3) is 0.636. The van der Waals surface area contributed by atoms with Crippen LogP contribution in [0.1, 0.15) is 86.2 Å². The van der Waals surface area contributed by atoms with Crippen molar-refractivity contribution in [2.45, 2.75) is 104 Å². The molecule has 2 aromatic rings. The molecule has 7 rings (SSSR count). The van der Waals surface area contributed by atoms with Crippen molar-refractivity contribution in [2.24, 2.45) is 28.3 Å². The zero-order valence-corrected chi connectivity index (χ0v) is 27.8. The van der Waals surface area contributed by atoms with Crippen LogP contribution in [0.4, 0.5) is 0 Å². The predicted octanol–water partition coefficient (Wildman–Crippen LogP) is 5.05. The number of aryl methyl sites for hydroxylation is 2. The van der Waals surface area contributed by atoms with Crippen LogP contribution in [0.5, 0.6) is 0 Å². The molecule has 2 amide bonds. The first-order chi connectivity index (χ1) is 20.8. The molecule has 11 heteroatoms. The maximum Gasteiger partial charge on any atom is 0.481 e. The van der Waals surface area contributed by atoms with Crippen LogP contribution >= 0.6 is 11.3 Å². The van der Waals surface area contributed by atoms with Gasteiger partial charge >= 0.3 is 7.12 Å². The molecule has 44 heavy (non-hydrogen) atoms. The van der Waals surface area contributed by atoms with Crippen LogP contribution in [-0.2, 0) is 25.4 Å². The van der Waals surface area contributed by atoms with Crippen LogP contribution in [0.2, 0.25) is 0 Å². The third-order valence-corrected chi connectivity index (χ3v) is 11.6. The Kier molecular flexibility index (Phi) is 8.20. The van der Waals surface area contributed by atoms with Gasteiger partial charge in [0.15, 0.2) is 0 Å². The van der Waals surface area contributed by atoms with E-state index in [1.54, 1.807) is 0 Å². The van der Waals surface area contributed by atoms with Gasteiger partial charge in [0, 0.05) is 12.8 Å². The summed E-state index contributed by atoms with van der Waals surface area (Å²) in [7, 11) is -0.535. The Morgan fingerprint density at radius 2 is 1.89 bits per heavy atom. The first kappa shape index (κ1) is 31.2. The standard InChI is InChI=1S/C33H45BN4O5S/c1-19(2)13-27(34-41-26-15-23-14-25(31(23,5)6)32(26,7)42-34)37-30(40)33(16-22-11-9-8-10-12-22)17-24(38-43-33)18-35-29(39)28-20(3)36-21(4)44-28/h8-12,19,23,25-27H,13-18H2,1-7H3,(H,35,39)(H,37,40)/t23-,25-,26+,27-,32-,33?/m0/s1. The van der Waals surface area contributed by atoms with Gasteiger partial charge in [0.1, 0.15) is 4.88 Å². The van der Waals surface area contributed by atoms with Gasteiger partial charge in [-0.05, 0) is 68.8 Å². The highest BCUT2D eigenvalue weighted by molar-refractivity contribution is 7.13. The largest absolute Gasteiger partial charge is 0.481 e. The van der Waals surface area contributed by atoms with Gasteiger partial charge in [-0.2, -0.15) is 0 Å². The Hall–Kier alpha value is -2.76. The van der Waals surface area contributed by atoms with Crippen molar-refractivity contribution in [3.63, 3.8) is 0 Å². The maximum absolute atomic E-state index is 14.3. The van der Waals surface area contributed by atoms with Crippen molar-refractivity contribution in [3.05, 3.63) is 51.5 Å². The molecule has 2 aliphatic heterocycles. The minimum Gasteiger partial charge on any atom is -0.404 e. The molecule has 2 N–H and O–H groups in total. The van der Waals surface area contributed by atoms with Crippen molar-refractivity contribution in [2.75, 3.05) is 6.54 Å². The van der Waals surface area contributed by atoms with Gasteiger partial charge in [-0.3, -0.25) is 9.59 Å². The highest BCUT2D eigenvalue weighted by atomic mass is 32.1. The third kappa shape index (κ3) is 5.60. The predicted molar refractivity (Wildman–Crippen MR) is 171 cm³/mol. The maximum atomic E-state index is 14.3. The van der Waals surface area contributed by atoms with Gasteiger partial charge in [-0.15, -0.1) is 11.3 Å². The zero-order valence-electron chi connectivity index (χ0n) is 26.9. The lowest BCUT2D eigenvalue weighted by molar-refractivity contribution is -0.199. The minimum atomic E-state index is -1.26. The fourth-order valence-corrected chi connectivity index (χ4v) is 8.82. The molecule has 3 heterocycles. The molecule has 5 aliphatic rings. The monoisotopic (exact) mass is 620 g/mol. The lowest BCUT2D eigenvalue weighted by Crippen LogP contribution is -2.65. The van der Waals surface area contributed by atoms with Crippen LogP contribution < -0.4 is 10.6 Å². The normalized spacial score (nSPS) is 30.7. The first-order valence-electron chi connectivity index (χ1n) is 15.9. The molecule has 1 saturated heterocycles. The number of hydrogen-bond acceptors (Lipinski definition) is 8. The van der Waals surface area contributed by atoms with Crippen molar-refractivity contribution in [1.29, 1.82) is 0 Å². The molecule has 3 aliphatic carbocycles. The van der Waals surface area contributed by atoms with E-state index >= 15 is 0 Å². The van der Waals surface area contributed by atoms with Gasteiger partial charge in [-0.1, -0.05) is 63.2 Å². The summed E-state index contributed by atoms with van der Waals surface area (Å²) in [6, 6.07) is 9.83. The summed E-state index contributed by atoms with van der Waals surface area (Å²) >= 11 is 1.36. The van der Waals surface area contributed by atoms with E-state index in [1.165, 1.54) is 17.8 Å². The quantitative estimate of drug-likeness (QED) is 0.360. The topological polar surface area (TPSA) is 111 Å². The highest BCUT2D eigenvalue weighted by Crippen LogP contribution is 2.65. The molecule has 0 spiro atoms. The van der Waals surface area contributed by atoms with Crippen LogP contribution in [0.25, 0.3) is 0 Å². The number of nitrogens with one attached hydrogen (secondary N) is 2. The SMILES string of the molecule is Cc1nc(C)c(C(=O)NCC2=NOC(Cc3ccccc3)(C(=O)N[C@@H](CC(C)C)B3O[C@@H]4C[C@@H]5C[C@@H](C5(C)C)[C@]4(C)O3)C2)s1. The van der Waals surface area contributed by atoms with Crippen molar-refractivity contribution < 1.29 is 23.7 Å². The summed E-state index contributed by atoms with van der Waals surface area (Å²) in [5.41, 5.74) is 0.892. The van der Waals surface area contributed by atoms with Crippen molar-refractivity contribution >= 4 is 36.0 Å². The lowest BCUT2D eigenvalue weighted by Gasteiger charge is -2.64. The Labute approximate surface area is 265 Å². The number of hydrogen-bond donors (Lipinski definition) is 2. The number of thiazole rings is 1. The number of oxime groups is 1. The molecule has 236 valence electrons.